The number of fused-ring (bicyclic) bond motifs is 1. The summed E-state index contributed by atoms with van der Waals surface area (Å²) in [5.41, 5.74) is -0.442. The third-order valence-corrected chi connectivity index (χ3v) is 2.98. The van der Waals surface area contributed by atoms with Crippen molar-refractivity contribution >= 4 is 11.0 Å². The number of ether oxygens (including phenoxy) is 2. The van der Waals surface area contributed by atoms with Gasteiger partial charge in [-0.05, 0) is 25.0 Å². The molecule has 2 aromatic rings. The first kappa shape index (κ1) is 15.0. The molecule has 0 spiro atoms. The lowest BCUT2D eigenvalue weighted by Crippen LogP contribution is -2.08. The first-order valence-corrected chi connectivity index (χ1v) is 6.79. The molecule has 0 fully saturated rings. The zero-order valence-corrected chi connectivity index (χ0v) is 12.1. The van der Waals surface area contributed by atoms with Crippen LogP contribution in [0.5, 0.6) is 17.2 Å². The fourth-order valence-corrected chi connectivity index (χ4v) is 2.00. The molecule has 0 saturated carbocycles. The molecule has 112 valence electrons. The van der Waals surface area contributed by atoms with Crippen molar-refractivity contribution in [3.63, 3.8) is 0 Å². The Morgan fingerprint density at radius 2 is 2.14 bits per heavy atom. The molecule has 0 aliphatic rings. The maximum Gasteiger partial charge on any atom is 0.383 e. The summed E-state index contributed by atoms with van der Waals surface area (Å²) in [7, 11) is 1.48. The van der Waals surface area contributed by atoms with Crippen molar-refractivity contribution in [1.82, 2.24) is 0 Å². The lowest BCUT2D eigenvalue weighted by molar-refractivity contribution is 0.289. The molecule has 0 saturated heterocycles. The van der Waals surface area contributed by atoms with Crippen LogP contribution >= 0.6 is 0 Å². The van der Waals surface area contributed by atoms with Crippen molar-refractivity contribution in [3.8, 4) is 17.2 Å². The summed E-state index contributed by atoms with van der Waals surface area (Å²) in [6.07, 6.45) is 5.56. The van der Waals surface area contributed by atoms with Crippen molar-refractivity contribution in [3.05, 3.63) is 40.8 Å². The molecule has 0 atom stereocenters. The van der Waals surface area contributed by atoms with Crippen molar-refractivity contribution in [2.24, 2.45) is 0 Å². The van der Waals surface area contributed by atoms with Gasteiger partial charge in [0, 0.05) is 0 Å². The number of hydrogen-bond donors (Lipinski definition) is 1. The average Bonchev–Trinajstić information content (AvgIpc) is 2.49. The van der Waals surface area contributed by atoms with Gasteiger partial charge in [-0.15, -0.1) is 0 Å². The summed E-state index contributed by atoms with van der Waals surface area (Å²) in [5, 5.41) is 10.6. The predicted molar refractivity (Wildman–Crippen MR) is 80.2 cm³/mol. The molecule has 2 rings (SSSR count). The second-order valence-electron chi connectivity index (χ2n) is 4.42. The van der Waals surface area contributed by atoms with Crippen molar-refractivity contribution in [2.45, 2.75) is 19.8 Å². The Labute approximate surface area is 122 Å². The van der Waals surface area contributed by atoms with E-state index in [9.17, 15) is 9.90 Å². The monoisotopic (exact) mass is 290 g/mol. The van der Waals surface area contributed by atoms with Crippen LogP contribution in [0.25, 0.3) is 11.0 Å². The maximum atomic E-state index is 11.9. The van der Waals surface area contributed by atoms with Gasteiger partial charge in [0.2, 0.25) is 5.75 Å². The fourth-order valence-electron chi connectivity index (χ4n) is 2.00. The van der Waals surface area contributed by atoms with Gasteiger partial charge < -0.3 is 19.0 Å². The third kappa shape index (κ3) is 3.18. The Bertz CT molecular complexity index is 700. The lowest BCUT2D eigenvalue weighted by atomic mass is 10.2. The van der Waals surface area contributed by atoms with Crippen LogP contribution in [0.2, 0.25) is 0 Å². The second kappa shape index (κ2) is 6.83. The number of methoxy groups -OCH3 is 1. The highest BCUT2D eigenvalue weighted by Crippen LogP contribution is 2.37. The van der Waals surface area contributed by atoms with E-state index in [2.05, 4.69) is 0 Å². The Morgan fingerprint density at radius 1 is 1.33 bits per heavy atom. The number of aromatic hydroxyl groups is 1. The Hall–Kier alpha value is -2.43. The van der Waals surface area contributed by atoms with Gasteiger partial charge in [-0.3, -0.25) is 0 Å². The summed E-state index contributed by atoms with van der Waals surface area (Å²) in [6.45, 7) is 2.32. The van der Waals surface area contributed by atoms with E-state index in [-0.39, 0.29) is 23.7 Å². The maximum absolute atomic E-state index is 11.9. The van der Waals surface area contributed by atoms with Crippen LogP contribution in [0.15, 0.2) is 39.6 Å². The minimum Gasteiger partial charge on any atom is -0.503 e. The molecule has 0 aliphatic carbocycles. The van der Waals surface area contributed by atoms with Gasteiger partial charge >= 0.3 is 5.63 Å². The van der Waals surface area contributed by atoms with Gasteiger partial charge in [0.25, 0.3) is 0 Å². The Kier molecular flexibility index (Phi) is 4.87. The molecule has 0 radical (unpaired) electrons. The molecule has 1 aromatic carbocycles. The number of allylic oxidation sites excluding steroid dienone is 1. The summed E-state index contributed by atoms with van der Waals surface area (Å²) in [6, 6.07) is 4.95. The predicted octanol–water partition coefficient (Wildman–Crippen LogP) is 3.24. The second-order valence-corrected chi connectivity index (χ2v) is 4.42. The van der Waals surface area contributed by atoms with Gasteiger partial charge in [0.1, 0.15) is 16.7 Å². The number of benzene rings is 1. The van der Waals surface area contributed by atoms with E-state index < -0.39 is 5.63 Å². The van der Waals surface area contributed by atoms with Crippen molar-refractivity contribution in [2.75, 3.05) is 13.7 Å². The lowest BCUT2D eigenvalue weighted by Gasteiger charge is -2.10. The average molecular weight is 290 g/mol. The quantitative estimate of drug-likeness (QED) is 0.502. The summed E-state index contributed by atoms with van der Waals surface area (Å²) >= 11 is 0. The molecule has 0 bridgehead atoms. The Morgan fingerprint density at radius 3 is 2.86 bits per heavy atom. The summed E-state index contributed by atoms with van der Waals surface area (Å²) in [4.78, 5) is 11.9. The SMILES string of the molecule is CCC=CCCOc1c(O)c2c(OC)cccc2oc1=O. The largest absolute Gasteiger partial charge is 0.503 e. The first-order valence-electron chi connectivity index (χ1n) is 6.79. The fraction of sp³-hybridized carbons (Fsp3) is 0.312. The molecule has 1 heterocycles. The van der Waals surface area contributed by atoms with Crippen LogP contribution in [0, 0.1) is 0 Å². The molecule has 0 amide bonds. The van der Waals surface area contributed by atoms with Gasteiger partial charge in [0.15, 0.2) is 5.75 Å². The minimum atomic E-state index is -0.701. The van der Waals surface area contributed by atoms with E-state index >= 15 is 0 Å². The van der Waals surface area contributed by atoms with Crippen LogP contribution in [-0.2, 0) is 0 Å². The van der Waals surface area contributed by atoms with E-state index in [1.165, 1.54) is 7.11 Å². The van der Waals surface area contributed by atoms with E-state index in [0.717, 1.165) is 6.42 Å². The zero-order valence-electron chi connectivity index (χ0n) is 12.1. The summed E-state index contributed by atoms with van der Waals surface area (Å²) in [5.74, 6) is -0.0143. The smallest absolute Gasteiger partial charge is 0.383 e. The minimum absolute atomic E-state index is 0.183. The van der Waals surface area contributed by atoms with Crippen LogP contribution in [0.1, 0.15) is 19.8 Å². The highest BCUT2D eigenvalue weighted by molar-refractivity contribution is 5.91. The number of hydrogen-bond acceptors (Lipinski definition) is 5. The number of rotatable bonds is 6. The standard InChI is InChI=1S/C16H18O5/c1-3-4-5-6-10-20-15-14(17)13-11(19-2)8-7-9-12(13)21-16(15)18/h4-5,7-9,17H,3,6,10H2,1-2H3. The van der Waals surface area contributed by atoms with E-state index in [0.29, 0.717) is 17.6 Å². The molecule has 1 N–H and O–H groups in total. The van der Waals surface area contributed by atoms with Crippen LogP contribution in [0.3, 0.4) is 0 Å². The highest BCUT2D eigenvalue weighted by Gasteiger charge is 2.18. The van der Waals surface area contributed by atoms with Gasteiger partial charge in [-0.2, -0.15) is 0 Å². The van der Waals surface area contributed by atoms with Gasteiger partial charge in [-0.1, -0.05) is 25.1 Å². The molecule has 5 nitrogen and oxygen atoms in total. The van der Waals surface area contributed by atoms with E-state index in [1.807, 2.05) is 19.1 Å². The van der Waals surface area contributed by atoms with Gasteiger partial charge in [-0.25, -0.2) is 4.79 Å². The van der Waals surface area contributed by atoms with Crippen molar-refractivity contribution in [1.29, 1.82) is 0 Å². The van der Waals surface area contributed by atoms with Crippen LogP contribution < -0.4 is 15.1 Å². The van der Waals surface area contributed by atoms with Crippen LogP contribution in [0.4, 0.5) is 0 Å². The molecule has 0 unspecified atom stereocenters. The molecule has 21 heavy (non-hydrogen) atoms. The highest BCUT2D eigenvalue weighted by atomic mass is 16.5. The third-order valence-electron chi connectivity index (χ3n) is 2.98. The summed E-state index contributed by atoms with van der Waals surface area (Å²) < 4.78 is 15.7. The Balaban J connectivity index is 2.35. The normalized spacial score (nSPS) is 11.1. The van der Waals surface area contributed by atoms with Crippen LogP contribution in [-0.4, -0.2) is 18.8 Å². The molecule has 1 aromatic heterocycles. The topological polar surface area (TPSA) is 68.9 Å². The zero-order chi connectivity index (χ0) is 15.2. The van der Waals surface area contributed by atoms with E-state index in [4.69, 9.17) is 13.9 Å². The van der Waals surface area contributed by atoms with Crippen molar-refractivity contribution < 1.29 is 19.0 Å². The molecular formula is C16H18O5. The first-order chi connectivity index (χ1) is 10.2. The van der Waals surface area contributed by atoms with E-state index in [1.54, 1.807) is 18.2 Å². The molecule has 0 aliphatic heterocycles. The molecular weight excluding hydrogens is 272 g/mol. The van der Waals surface area contributed by atoms with Gasteiger partial charge in [0.05, 0.1) is 13.7 Å². The molecule has 5 heteroatoms.